The van der Waals surface area contributed by atoms with Gasteiger partial charge in [0, 0.05) is 19.6 Å². The lowest BCUT2D eigenvalue weighted by molar-refractivity contribution is -0.117. The zero-order valence-electron chi connectivity index (χ0n) is 18.8. The summed E-state index contributed by atoms with van der Waals surface area (Å²) in [6, 6.07) is 19.2. The topological polar surface area (TPSA) is 71.3 Å². The van der Waals surface area contributed by atoms with Gasteiger partial charge in [-0.25, -0.2) is 4.68 Å². The molecule has 0 fully saturated rings. The van der Waals surface area contributed by atoms with Crippen LogP contribution in [0.3, 0.4) is 0 Å². The number of hydrogen-bond donors (Lipinski definition) is 2. The summed E-state index contributed by atoms with van der Waals surface area (Å²) in [6.07, 6.45) is 0. The van der Waals surface area contributed by atoms with Gasteiger partial charge in [0.15, 0.2) is 0 Å². The molecule has 2 atom stereocenters. The highest BCUT2D eigenvalue weighted by Gasteiger charge is 2.22. The maximum absolute atomic E-state index is 13.0. The number of carbonyl (C=O) groups excluding carboxylic acids is 1. The lowest BCUT2D eigenvalue weighted by Crippen LogP contribution is -2.42. The molecular formula is C24H31N5O2. The van der Waals surface area contributed by atoms with Gasteiger partial charge < -0.3 is 15.5 Å². The standard InChI is InChI=1S/C24H31N5O2/c1-17(25-16-21(27(3)4)19-12-8-6-9-13-19)23(30)26-22-18(2)28(5)29(24(22)31)20-14-10-7-11-15-20/h6-15,17,21,25H,16H2,1-5H3,(H,26,30). The van der Waals surface area contributed by atoms with Crippen molar-refractivity contribution in [2.24, 2.45) is 7.05 Å². The molecule has 0 bridgehead atoms. The fourth-order valence-electron chi connectivity index (χ4n) is 3.60. The van der Waals surface area contributed by atoms with Crippen LogP contribution in [0.5, 0.6) is 0 Å². The third-order valence-electron chi connectivity index (χ3n) is 5.62. The Bertz CT molecular complexity index is 1070. The van der Waals surface area contributed by atoms with Crippen LogP contribution in [0.25, 0.3) is 5.69 Å². The van der Waals surface area contributed by atoms with Crippen molar-refractivity contribution < 1.29 is 4.79 Å². The maximum Gasteiger partial charge on any atom is 0.295 e. The van der Waals surface area contributed by atoms with E-state index in [-0.39, 0.29) is 17.5 Å². The van der Waals surface area contributed by atoms with Gasteiger partial charge >= 0.3 is 0 Å². The van der Waals surface area contributed by atoms with E-state index in [1.807, 2.05) is 76.6 Å². The van der Waals surface area contributed by atoms with E-state index in [0.29, 0.717) is 17.9 Å². The van der Waals surface area contributed by atoms with Gasteiger partial charge in [-0.15, -0.1) is 0 Å². The highest BCUT2D eigenvalue weighted by atomic mass is 16.2. The van der Waals surface area contributed by atoms with Gasteiger partial charge in [-0.05, 0) is 45.6 Å². The summed E-state index contributed by atoms with van der Waals surface area (Å²) in [5.41, 5.74) is 2.68. The first-order valence-electron chi connectivity index (χ1n) is 10.4. The molecule has 3 aromatic rings. The predicted octanol–water partition coefficient (Wildman–Crippen LogP) is 2.70. The Balaban J connectivity index is 1.72. The summed E-state index contributed by atoms with van der Waals surface area (Å²) in [6.45, 7) is 4.24. The molecule has 0 aliphatic heterocycles. The number of aromatic nitrogens is 2. The van der Waals surface area contributed by atoms with Gasteiger partial charge in [0.2, 0.25) is 5.91 Å². The van der Waals surface area contributed by atoms with Crippen molar-refractivity contribution in [2.75, 3.05) is 26.0 Å². The minimum Gasteiger partial charge on any atom is -0.319 e. The zero-order valence-corrected chi connectivity index (χ0v) is 18.8. The van der Waals surface area contributed by atoms with E-state index in [1.165, 1.54) is 5.56 Å². The highest BCUT2D eigenvalue weighted by molar-refractivity contribution is 5.94. The number of nitrogens with one attached hydrogen (secondary N) is 2. The van der Waals surface area contributed by atoms with Gasteiger partial charge in [-0.1, -0.05) is 48.5 Å². The Morgan fingerprint density at radius 1 is 1.03 bits per heavy atom. The summed E-state index contributed by atoms with van der Waals surface area (Å²) in [5, 5.41) is 6.14. The van der Waals surface area contributed by atoms with Crippen LogP contribution in [-0.2, 0) is 11.8 Å². The van der Waals surface area contributed by atoms with Gasteiger partial charge in [-0.2, -0.15) is 0 Å². The lowest BCUT2D eigenvalue weighted by atomic mass is 10.1. The van der Waals surface area contributed by atoms with E-state index in [4.69, 9.17) is 0 Å². The van der Waals surface area contributed by atoms with Gasteiger partial charge in [0.05, 0.1) is 17.4 Å². The van der Waals surface area contributed by atoms with Crippen molar-refractivity contribution in [3.8, 4) is 5.69 Å². The van der Waals surface area contributed by atoms with Crippen molar-refractivity contribution in [3.05, 3.63) is 82.3 Å². The molecule has 164 valence electrons. The van der Waals surface area contributed by atoms with Crippen LogP contribution in [0, 0.1) is 6.92 Å². The van der Waals surface area contributed by atoms with Crippen LogP contribution in [0.2, 0.25) is 0 Å². The van der Waals surface area contributed by atoms with Crippen LogP contribution in [0.4, 0.5) is 5.69 Å². The van der Waals surface area contributed by atoms with E-state index < -0.39 is 6.04 Å². The molecule has 0 aliphatic rings. The van der Waals surface area contributed by atoms with Crippen LogP contribution in [0.15, 0.2) is 65.5 Å². The third kappa shape index (κ3) is 4.95. The van der Waals surface area contributed by atoms with Crippen molar-refractivity contribution in [2.45, 2.75) is 25.9 Å². The van der Waals surface area contributed by atoms with Crippen molar-refractivity contribution >= 4 is 11.6 Å². The first-order chi connectivity index (χ1) is 14.8. The first-order valence-corrected chi connectivity index (χ1v) is 10.4. The zero-order chi connectivity index (χ0) is 22.5. The average Bonchev–Trinajstić information content (AvgIpc) is 2.98. The van der Waals surface area contributed by atoms with Crippen molar-refractivity contribution in [1.82, 2.24) is 19.6 Å². The molecule has 3 rings (SSSR count). The molecule has 0 saturated carbocycles. The van der Waals surface area contributed by atoms with E-state index >= 15 is 0 Å². The number of para-hydroxylation sites is 1. The Kier molecular flexibility index (Phi) is 7.09. The van der Waals surface area contributed by atoms with Crippen LogP contribution in [0.1, 0.15) is 24.2 Å². The molecule has 1 aromatic heterocycles. The molecule has 1 heterocycles. The number of hydrogen-bond acceptors (Lipinski definition) is 4. The average molecular weight is 422 g/mol. The third-order valence-corrected chi connectivity index (χ3v) is 5.62. The minimum absolute atomic E-state index is 0.130. The first kappa shape index (κ1) is 22.5. The molecule has 2 N–H and O–H groups in total. The molecule has 2 unspecified atom stereocenters. The summed E-state index contributed by atoms with van der Waals surface area (Å²) in [7, 11) is 5.84. The number of rotatable bonds is 8. The molecule has 1 amide bonds. The summed E-state index contributed by atoms with van der Waals surface area (Å²) in [4.78, 5) is 28.0. The second-order valence-corrected chi connectivity index (χ2v) is 7.95. The van der Waals surface area contributed by atoms with E-state index in [0.717, 1.165) is 5.69 Å². The Hall–Kier alpha value is -3.16. The lowest BCUT2D eigenvalue weighted by Gasteiger charge is -2.26. The second kappa shape index (κ2) is 9.76. The van der Waals surface area contributed by atoms with Crippen LogP contribution >= 0.6 is 0 Å². The van der Waals surface area contributed by atoms with Gasteiger partial charge in [0.1, 0.15) is 5.69 Å². The number of nitrogens with zero attached hydrogens (tertiary/aromatic N) is 3. The minimum atomic E-state index is -0.463. The molecule has 0 aliphatic carbocycles. The molecule has 2 aromatic carbocycles. The van der Waals surface area contributed by atoms with Crippen LogP contribution in [-0.4, -0.2) is 46.9 Å². The SMILES string of the molecule is Cc1c(NC(=O)C(C)NCC(c2ccccc2)N(C)C)c(=O)n(-c2ccccc2)n1C. The van der Waals surface area contributed by atoms with Crippen molar-refractivity contribution in [3.63, 3.8) is 0 Å². The van der Waals surface area contributed by atoms with E-state index in [1.54, 1.807) is 16.3 Å². The fourth-order valence-corrected chi connectivity index (χ4v) is 3.60. The number of anilines is 1. The van der Waals surface area contributed by atoms with Crippen molar-refractivity contribution in [1.29, 1.82) is 0 Å². The summed E-state index contributed by atoms with van der Waals surface area (Å²) < 4.78 is 3.31. The van der Waals surface area contributed by atoms with Crippen LogP contribution < -0.4 is 16.2 Å². The van der Waals surface area contributed by atoms with E-state index in [9.17, 15) is 9.59 Å². The molecule has 0 radical (unpaired) electrons. The number of benzene rings is 2. The normalized spacial score (nSPS) is 13.2. The van der Waals surface area contributed by atoms with Gasteiger partial charge in [0.25, 0.3) is 5.56 Å². The second-order valence-electron chi connectivity index (χ2n) is 7.95. The summed E-state index contributed by atoms with van der Waals surface area (Å²) in [5.74, 6) is -0.239. The smallest absolute Gasteiger partial charge is 0.295 e. The van der Waals surface area contributed by atoms with Gasteiger partial charge in [-0.3, -0.25) is 14.3 Å². The number of carbonyl (C=O) groups is 1. The monoisotopic (exact) mass is 421 g/mol. The maximum atomic E-state index is 13.0. The number of likely N-dealkylation sites (N-methyl/N-ethyl adjacent to an activating group) is 1. The molecule has 7 nitrogen and oxygen atoms in total. The molecule has 0 saturated heterocycles. The highest BCUT2D eigenvalue weighted by Crippen LogP contribution is 2.17. The molecule has 31 heavy (non-hydrogen) atoms. The Morgan fingerprint density at radius 2 is 1.61 bits per heavy atom. The number of amides is 1. The Labute approximate surface area is 183 Å². The van der Waals surface area contributed by atoms with E-state index in [2.05, 4.69) is 27.7 Å². The Morgan fingerprint density at radius 3 is 2.19 bits per heavy atom. The predicted molar refractivity (Wildman–Crippen MR) is 125 cm³/mol. The largest absolute Gasteiger partial charge is 0.319 e. The molecular weight excluding hydrogens is 390 g/mol. The molecule has 0 spiro atoms. The quantitative estimate of drug-likeness (QED) is 0.587. The molecule has 7 heteroatoms. The summed E-state index contributed by atoms with van der Waals surface area (Å²) >= 11 is 0. The fraction of sp³-hybridized carbons (Fsp3) is 0.333.